The van der Waals surface area contributed by atoms with Crippen molar-refractivity contribution < 1.29 is 52.6 Å². The maximum atomic E-state index is 13.6. The molecule has 0 bridgehead atoms. The SMILES string of the molecule is CCCCCCCCCCCCS(=O)(=O)c1ccc(C#Cc2cc(C#Cc3cc(OC)c(OC)cc3C#Cc3cc(C#Cc4ccc(S(=O)(=O)CCCCCCCCCCCC)cc4)c(C#Cc4ccc(S(=O)(=O)CCCCCCCCCCCC)cc4)cc3OC)c(OC)cc2C#Cc2ccc(S(=O)(=O)CCCCCCCCCCCC)cc2)cc1. The fourth-order valence-corrected chi connectivity index (χ4v) is 20.1. The van der Waals surface area contributed by atoms with Gasteiger partial charge < -0.3 is 18.9 Å². The lowest BCUT2D eigenvalue weighted by Crippen LogP contribution is -2.06. The van der Waals surface area contributed by atoms with Gasteiger partial charge in [0.1, 0.15) is 11.5 Å². The molecular formula is C106H134O12S4. The molecule has 0 spiro atoms. The lowest BCUT2D eigenvalue weighted by molar-refractivity contribution is 0.355. The van der Waals surface area contributed by atoms with Crippen molar-refractivity contribution in [3.8, 4) is 94.0 Å². The summed E-state index contributed by atoms with van der Waals surface area (Å²) in [6, 6.07) is 37.1. The topological polar surface area (TPSA) is 173 Å². The predicted molar refractivity (Wildman–Crippen MR) is 503 cm³/mol. The molecule has 0 heterocycles. The smallest absolute Gasteiger partial charge is 0.178 e. The van der Waals surface area contributed by atoms with Crippen molar-refractivity contribution in [1.82, 2.24) is 0 Å². The molecule has 0 unspecified atom stereocenters. The van der Waals surface area contributed by atoms with Crippen LogP contribution < -0.4 is 18.9 Å². The van der Waals surface area contributed by atoms with Crippen molar-refractivity contribution in [2.45, 2.75) is 304 Å². The first-order valence-electron chi connectivity index (χ1n) is 45.3. The Morgan fingerprint density at radius 2 is 0.344 bits per heavy atom. The zero-order valence-corrected chi connectivity index (χ0v) is 77.6. The summed E-state index contributed by atoms with van der Waals surface area (Å²) in [5.41, 5.74) is 6.10. The van der Waals surface area contributed by atoms with Gasteiger partial charge in [-0.25, -0.2) is 33.7 Å². The zero-order chi connectivity index (χ0) is 87.5. The number of hydrogen-bond donors (Lipinski definition) is 0. The molecule has 0 atom stereocenters. The average Bonchev–Trinajstić information content (AvgIpc) is 0.813. The van der Waals surface area contributed by atoms with Crippen molar-refractivity contribution in [3.63, 3.8) is 0 Å². The molecule has 0 N–H and O–H groups in total. The monoisotopic (exact) mass is 1730 g/mol. The minimum atomic E-state index is -3.53. The van der Waals surface area contributed by atoms with Gasteiger partial charge in [0, 0.05) is 67.8 Å². The van der Waals surface area contributed by atoms with Gasteiger partial charge in [-0.1, -0.05) is 330 Å². The van der Waals surface area contributed by atoms with Gasteiger partial charge >= 0.3 is 0 Å². The van der Waals surface area contributed by atoms with E-state index < -0.39 is 39.3 Å². The molecule has 0 aliphatic carbocycles. The fourth-order valence-electron chi connectivity index (χ4n) is 14.6. The van der Waals surface area contributed by atoms with E-state index in [9.17, 15) is 33.7 Å². The molecule has 0 aliphatic rings. The third-order valence-electron chi connectivity index (χ3n) is 22.2. The first-order chi connectivity index (χ1) is 59.2. The van der Waals surface area contributed by atoms with Crippen LogP contribution in [-0.4, -0.2) is 85.1 Å². The number of benzene rings is 7. The first kappa shape index (κ1) is 100.0. The Balaban J connectivity index is 1.22. The van der Waals surface area contributed by atoms with Crippen molar-refractivity contribution in [3.05, 3.63) is 200 Å². The molecule has 0 aliphatic heterocycles. The number of rotatable bonds is 52. The van der Waals surface area contributed by atoms with Crippen LogP contribution in [0, 0.1) is 71.0 Å². The molecule has 0 fully saturated rings. The number of unbranched alkanes of at least 4 members (excludes halogenated alkanes) is 36. The lowest BCUT2D eigenvalue weighted by atomic mass is 10.0. The van der Waals surface area contributed by atoms with Gasteiger partial charge in [-0.2, -0.15) is 0 Å². The first-order valence-corrected chi connectivity index (χ1v) is 51.9. The minimum absolute atomic E-state index is 0.0740. The minimum Gasteiger partial charge on any atom is -0.495 e. The molecule has 0 amide bonds. The third kappa shape index (κ3) is 36.0. The van der Waals surface area contributed by atoms with Crippen LogP contribution in [0.15, 0.2) is 153 Å². The Hall–Kier alpha value is -9.10. The second-order valence-corrected chi connectivity index (χ2v) is 40.5. The predicted octanol–water partition coefficient (Wildman–Crippen LogP) is 24.9. The van der Waals surface area contributed by atoms with Crippen LogP contribution in [0.1, 0.15) is 351 Å². The standard InChI is InChI=1S/C106H134O12S4/c1-9-13-17-21-25-29-33-37-41-45-77-119(107,108)99-69-53-87(54-70-99)49-61-91-81-97(103(115-5)83-93(91)63-51-89-57-73-101(74-58-89)121(111,112)79-47-43-39-35-31-27-23-19-15-11-3)67-65-95-85-105(117-7)106(118-8)86-96(95)66-68-98-82-92(62-50-88-55-71-100(72-56-88)120(109,110)78-46-42-38-34-30-26-22-18-14-10-2)94(84-104(98)116-6)64-52-90-59-75-102(76-60-90)122(113,114)80-48-44-40-36-32-28-24-20-16-12-4/h53-60,69-76,81-86H,9-48,77-80H2,1-8H3. The highest BCUT2D eigenvalue weighted by Gasteiger charge is 2.20. The Bertz CT molecular complexity index is 4930. The van der Waals surface area contributed by atoms with Crippen molar-refractivity contribution >= 4 is 39.3 Å². The van der Waals surface area contributed by atoms with Crippen molar-refractivity contribution in [1.29, 1.82) is 0 Å². The van der Waals surface area contributed by atoms with Gasteiger partial charge in [-0.3, -0.25) is 0 Å². The molecular weight excluding hydrogens is 1590 g/mol. The number of sulfone groups is 4. The molecule has 0 saturated heterocycles. The molecule has 654 valence electrons. The van der Waals surface area contributed by atoms with E-state index in [-0.39, 0.29) is 42.6 Å². The Labute approximate surface area is 736 Å². The summed E-state index contributed by atoms with van der Waals surface area (Å²) in [7, 11) is -7.94. The molecule has 0 radical (unpaired) electrons. The number of methoxy groups -OCH3 is 4. The van der Waals surface area contributed by atoms with Crippen LogP contribution in [0.3, 0.4) is 0 Å². The summed E-state index contributed by atoms with van der Waals surface area (Å²) in [6.45, 7) is 8.88. The molecule has 12 nitrogen and oxygen atoms in total. The average molecular weight is 1730 g/mol. The summed E-state index contributed by atoms with van der Waals surface area (Å²) in [6.07, 6.45) is 44.2. The highest BCUT2D eigenvalue weighted by molar-refractivity contribution is 7.92. The summed E-state index contributed by atoms with van der Waals surface area (Å²) in [4.78, 5) is 0.987. The van der Waals surface area contributed by atoms with Crippen LogP contribution in [-0.2, 0) is 39.3 Å². The summed E-state index contributed by atoms with van der Waals surface area (Å²) < 4.78 is 132. The van der Waals surface area contributed by atoms with Crippen molar-refractivity contribution in [2.75, 3.05) is 51.5 Å². The normalized spacial score (nSPS) is 11.3. The van der Waals surface area contributed by atoms with E-state index in [4.69, 9.17) is 18.9 Å². The number of hydrogen-bond acceptors (Lipinski definition) is 12. The van der Waals surface area contributed by atoms with E-state index in [0.29, 0.717) is 115 Å². The maximum Gasteiger partial charge on any atom is 0.178 e. The van der Waals surface area contributed by atoms with E-state index in [1.165, 1.54) is 183 Å². The molecule has 0 aromatic heterocycles. The van der Waals surface area contributed by atoms with Gasteiger partial charge in [0.05, 0.1) is 82.2 Å². The Kier molecular flexibility index (Phi) is 45.8. The molecule has 0 saturated carbocycles. The van der Waals surface area contributed by atoms with Crippen LogP contribution in [0.4, 0.5) is 0 Å². The molecule has 122 heavy (non-hydrogen) atoms. The van der Waals surface area contributed by atoms with Crippen molar-refractivity contribution in [2.24, 2.45) is 0 Å². The zero-order valence-electron chi connectivity index (χ0n) is 74.3. The van der Waals surface area contributed by atoms with Gasteiger partial charge in [0.25, 0.3) is 0 Å². The Morgan fingerprint density at radius 1 is 0.189 bits per heavy atom. The van der Waals surface area contributed by atoms with Crippen LogP contribution in [0.25, 0.3) is 0 Å². The van der Waals surface area contributed by atoms with E-state index in [0.717, 1.165) is 77.0 Å². The van der Waals surface area contributed by atoms with E-state index in [1.54, 1.807) is 133 Å². The second kappa shape index (κ2) is 55.9. The van der Waals surface area contributed by atoms with E-state index in [1.807, 2.05) is 0 Å². The highest BCUT2D eigenvalue weighted by atomic mass is 32.2. The molecule has 7 aromatic rings. The molecule has 7 rings (SSSR count). The summed E-state index contributed by atoms with van der Waals surface area (Å²) in [5.74, 6) is 41.3. The highest BCUT2D eigenvalue weighted by Crippen LogP contribution is 2.33. The number of ether oxygens (including phenoxy) is 4. The lowest BCUT2D eigenvalue weighted by Gasteiger charge is -2.10. The van der Waals surface area contributed by atoms with Gasteiger partial charge in [-0.05, 0) is 147 Å². The maximum absolute atomic E-state index is 13.6. The third-order valence-corrected chi connectivity index (χ3v) is 29.4. The quantitative estimate of drug-likeness (QED) is 0.0261. The molecule has 16 heteroatoms. The summed E-state index contributed by atoms with van der Waals surface area (Å²) in [5, 5.41) is 0. The fraction of sp³-hybridized carbons (Fsp3) is 0.491. The van der Waals surface area contributed by atoms with Crippen LogP contribution in [0.2, 0.25) is 0 Å². The van der Waals surface area contributed by atoms with Gasteiger partial charge in [0.2, 0.25) is 0 Å². The van der Waals surface area contributed by atoms with Gasteiger partial charge in [-0.15, -0.1) is 0 Å². The summed E-state index contributed by atoms with van der Waals surface area (Å²) >= 11 is 0. The van der Waals surface area contributed by atoms with E-state index >= 15 is 0 Å². The van der Waals surface area contributed by atoms with Crippen LogP contribution in [0.5, 0.6) is 23.0 Å². The second-order valence-electron chi connectivity index (χ2n) is 32.0. The van der Waals surface area contributed by atoms with Crippen LogP contribution >= 0.6 is 0 Å². The van der Waals surface area contributed by atoms with E-state index in [2.05, 4.69) is 98.7 Å². The Morgan fingerprint density at radius 3 is 0.533 bits per heavy atom. The molecule has 7 aromatic carbocycles. The van der Waals surface area contributed by atoms with Gasteiger partial charge in [0.15, 0.2) is 50.8 Å². The largest absolute Gasteiger partial charge is 0.495 e.